The molecule has 3 aromatic rings. The van der Waals surface area contributed by atoms with Crippen molar-refractivity contribution in [2.75, 3.05) is 10.6 Å². The Labute approximate surface area is 195 Å². The van der Waals surface area contributed by atoms with Crippen LogP contribution >= 0.6 is 11.8 Å². The zero-order valence-electron chi connectivity index (χ0n) is 18.2. The van der Waals surface area contributed by atoms with Crippen LogP contribution in [0.1, 0.15) is 39.6 Å². The topological polar surface area (TPSA) is 116 Å². The second kappa shape index (κ2) is 10.7. The van der Waals surface area contributed by atoms with Crippen LogP contribution in [0.15, 0.2) is 71.6 Å². The van der Waals surface area contributed by atoms with Crippen molar-refractivity contribution in [2.45, 2.75) is 30.4 Å². The molecule has 8 heteroatoms. The van der Waals surface area contributed by atoms with Crippen molar-refractivity contribution in [2.24, 2.45) is 0 Å². The van der Waals surface area contributed by atoms with E-state index >= 15 is 0 Å². The van der Waals surface area contributed by atoms with Crippen molar-refractivity contribution in [3.05, 3.63) is 83.4 Å². The molecule has 7 nitrogen and oxygen atoms in total. The predicted octanol–water partition coefficient (Wildman–Crippen LogP) is 5.16. The third-order valence-electron chi connectivity index (χ3n) is 4.84. The number of nitrogens with one attached hydrogen (secondary N) is 2. The summed E-state index contributed by atoms with van der Waals surface area (Å²) < 4.78 is 0. The van der Waals surface area contributed by atoms with Gasteiger partial charge in [-0.1, -0.05) is 30.7 Å². The molecular formula is C25H24N2O5S. The lowest BCUT2D eigenvalue weighted by atomic mass is 10.1. The summed E-state index contributed by atoms with van der Waals surface area (Å²) in [6, 6.07) is 18.4. The number of carboxylic acids is 1. The molecule has 2 amide bonds. The average Bonchev–Trinajstić information content (AvgIpc) is 2.79. The van der Waals surface area contributed by atoms with Crippen molar-refractivity contribution in [3.63, 3.8) is 0 Å². The molecule has 0 saturated heterocycles. The number of hydrogen-bond acceptors (Lipinski definition) is 5. The molecule has 0 spiro atoms. The highest BCUT2D eigenvalue weighted by atomic mass is 32.2. The number of aromatic hydroxyl groups is 1. The standard InChI is InChI=1S/C25H24N2O5S/c1-3-22(24(30)27-18-11-12-21(28)20(14-18)25(31)32)33-19-6-4-5-17(13-19)26-23(29)16-9-7-15(2)8-10-16/h4-14,22,28H,3H2,1-2H3,(H,26,29)(H,27,30)(H,31,32). The number of thioether (sulfide) groups is 1. The molecule has 4 N–H and O–H groups in total. The van der Waals surface area contributed by atoms with Crippen molar-refractivity contribution in [1.29, 1.82) is 0 Å². The van der Waals surface area contributed by atoms with Gasteiger partial charge in [0.05, 0.1) is 5.25 Å². The first kappa shape index (κ1) is 23.9. The summed E-state index contributed by atoms with van der Waals surface area (Å²) >= 11 is 1.34. The van der Waals surface area contributed by atoms with E-state index in [0.29, 0.717) is 17.7 Å². The molecular weight excluding hydrogens is 440 g/mol. The lowest BCUT2D eigenvalue weighted by Crippen LogP contribution is -2.24. The molecule has 0 radical (unpaired) electrons. The monoisotopic (exact) mass is 464 g/mol. The Balaban J connectivity index is 1.68. The fraction of sp³-hybridized carbons (Fsp3) is 0.160. The second-order valence-electron chi connectivity index (χ2n) is 7.39. The van der Waals surface area contributed by atoms with Crippen LogP contribution in [0.25, 0.3) is 0 Å². The molecule has 0 aromatic heterocycles. The highest BCUT2D eigenvalue weighted by molar-refractivity contribution is 8.00. The predicted molar refractivity (Wildman–Crippen MR) is 129 cm³/mol. The average molecular weight is 465 g/mol. The Morgan fingerprint density at radius 3 is 2.30 bits per heavy atom. The zero-order valence-corrected chi connectivity index (χ0v) is 19.0. The van der Waals surface area contributed by atoms with E-state index in [2.05, 4.69) is 10.6 Å². The lowest BCUT2D eigenvalue weighted by molar-refractivity contribution is -0.115. The van der Waals surface area contributed by atoms with Crippen LogP contribution in [0, 0.1) is 6.92 Å². The van der Waals surface area contributed by atoms with Crippen molar-refractivity contribution >= 4 is 40.9 Å². The van der Waals surface area contributed by atoms with Crippen LogP contribution in [-0.4, -0.2) is 33.2 Å². The maximum atomic E-state index is 12.8. The SMILES string of the molecule is CCC(Sc1cccc(NC(=O)c2ccc(C)cc2)c1)C(=O)Nc1ccc(O)c(C(=O)O)c1. The molecule has 0 aliphatic rings. The molecule has 1 unspecified atom stereocenters. The van der Waals surface area contributed by atoms with Gasteiger partial charge in [-0.15, -0.1) is 11.8 Å². The largest absolute Gasteiger partial charge is 0.507 e. The van der Waals surface area contributed by atoms with E-state index in [1.54, 1.807) is 30.3 Å². The van der Waals surface area contributed by atoms with Crippen molar-refractivity contribution in [1.82, 2.24) is 0 Å². The Morgan fingerprint density at radius 1 is 0.939 bits per heavy atom. The molecule has 0 aliphatic heterocycles. The number of amides is 2. The highest BCUT2D eigenvalue weighted by Crippen LogP contribution is 2.29. The van der Waals surface area contributed by atoms with Crippen LogP contribution in [-0.2, 0) is 4.79 Å². The van der Waals surface area contributed by atoms with Crippen LogP contribution in [0.5, 0.6) is 5.75 Å². The first-order valence-electron chi connectivity index (χ1n) is 10.3. The van der Waals surface area contributed by atoms with E-state index in [-0.39, 0.29) is 28.8 Å². The summed E-state index contributed by atoms with van der Waals surface area (Å²) in [5, 5.41) is 23.9. The maximum Gasteiger partial charge on any atom is 0.339 e. The first-order chi connectivity index (χ1) is 15.8. The molecule has 33 heavy (non-hydrogen) atoms. The zero-order chi connectivity index (χ0) is 24.0. The van der Waals surface area contributed by atoms with E-state index in [1.165, 1.54) is 30.0 Å². The number of phenols is 1. The summed E-state index contributed by atoms with van der Waals surface area (Å²) in [5.74, 6) is -2.16. The first-order valence-corrected chi connectivity index (χ1v) is 11.2. The second-order valence-corrected chi connectivity index (χ2v) is 8.67. The minimum atomic E-state index is -1.28. The summed E-state index contributed by atoms with van der Waals surface area (Å²) in [6.07, 6.45) is 0.528. The smallest absolute Gasteiger partial charge is 0.339 e. The van der Waals surface area contributed by atoms with E-state index in [1.807, 2.05) is 32.0 Å². The fourth-order valence-corrected chi connectivity index (χ4v) is 4.06. The molecule has 1 atom stereocenters. The Hall–Kier alpha value is -3.78. The Morgan fingerprint density at radius 2 is 1.64 bits per heavy atom. The lowest BCUT2D eigenvalue weighted by Gasteiger charge is -2.16. The van der Waals surface area contributed by atoms with Crippen molar-refractivity contribution < 1.29 is 24.6 Å². The van der Waals surface area contributed by atoms with E-state index < -0.39 is 11.2 Å². The summed E-state index contributed by atoms with van der Waals surface area (Å²) in [5.41, 5.74) is 2.24. The van der Waals surface area contributed by atoms with Gasteiger partial charge in [-0.25, -0.2) is 4.79 Å². The van der Waals surface area contributed by atoms with Gasteiger partial charge < -0.3 is 20.8 Å². The molecule has 3 rings (SSSR count). The third-order valence-corrected chi connectivity index (χ3v) is 6.20. The summed E-state index contributed by atoms with van der Waals surface area (Å²) in [4.78, 5) is 37.3. The van der Waals surface area contributed by atoms with Gasteiger partial charge in [-0.3, -0.25) is 9.59 Å². The summed E-state index contributed by atoms with van der Waals surface area (Å²) in [6.45, 7) is 3.83. The third kappa shape index (κ3) is 6.36. The van der Waals surface area contributed by atoms with Gasteiger partial charge in [-0.05, 0) is 61.9 Å². The van der Waals surface area contributed by atoms with Gasteiger partial charge in [0.15, 0.2) is 0 Å². The molecule has 0 aliphatic carbocycles. The van der Waals surface area contributed by atoms with Gasteiger partial charge in [0, 0.05) is 21.8 Å². The van der Waals surface area contributed by atoms with Gasteiger partial charge >= 0.3 is 5.97 Å². The van der Waals surface area contributed by atoms with E-state index in [4.69, 9.17) is 5.11 Å². The molecule has 3 aromatic carbocycles. The number of benzene rings is 3. The number of aryl methyl sites for hydroxylation is 1. The molecule has 0 bridgehead atoms. The number of carbonyl (C=O) groups excluding carboxylic acids is 2. The number of rotatable bonds is 8. The van der Waals surface area contributed by atoms with Gasteiger partial charge in [0.2, 0.25) is 5.91 Å². The number of aromatic carboxylic acids is 1. The number of hydrogen-bond donors (Lipinski definition) is 4. The number of anilines is 2. The maximum absolute atomic E-state index is 12.8. The Bertz CT molecular complexity index is 1180. The van der Waals surface area contributed by atoms with E-state index in [0.717, 1.165) is 10.5 Å². The van der Waals surface area contributed by atoms with Crippen LogP contribution in [0.3, 0.4) is 0 Å². The quantitative estimate of drug-likeness (QED) is 0.270. The van der Waals surface area contributed by atoms with Gasteiger partial charge in [0.25, 0.3) is 5.91 Å². The molecule has 170 valence electrons. The Kier molecular flexibility index (Phi) is 7.74. The van der Waals surface area contributed by atoms with Crippen LogP contribution < -0.4 is 10.6 Å². The van der Waals surface area contributed by atoms with E-state index in [9.17, 15) is 19.5 Å². The van der Waals surface area contributed by atoms with Gasteiger partial charge in [0.1, 0.15) is 11.3 Å². The molecule has 0 saturated carbocycles. The minimum absolute atomic E-state index is 0.219. The number of carbonyl (C=O) groups is 3. The van der Waals surface area contributed by atoms with Crippen LogP contribution in [0.4, 0.5) is 11.4 Å². The minimum Gasteiger partial charge on any atom is -0.507 e. The highest BCUT2D eigenvalue weighted by Gasteiger charge is 2.20. The molecule has 0 heterocycles. The van der Waals surface area contributed by atoms with Crippen LogP contribution in [0.2, 0.25) is 0 Å². The number of carboxylic acid groups (broad SMARTS) is 1. The van der Waals surface area contributed by atoms with Crippen molar-refractivity contribution in [3.8, 4) is 5.75 Å². The normalized spacial score (nSPS) is 11.5. The fourth-order valence-electron chi connectivity index (χ4n) is 3.05. The molecule has 0 fully saturated rings. The summed E-state index contributed by atoms with van der Waals surface area (Å²) in [7, 11) is 0. The van der Waals surface area contributed by atoms with Gasteiger partial charge in [-0.2, -0.15) is 0 Å².